The van der Waals surface area contributed by atoms with E-state index in [1.807, 2.05) is 4.72 Å². The molecule has 0 radical (unpaired) electrons. The maximum absolute atomic E-state index is 17.0. The number of hydrogen-bond acceptors (Lipinski definition) is 10. The number of pyridine rings is 1. The number of hydrogen-bond donors (Lipinski definition) is 3. The van der Waals surface area contributed by atoms with Crippen LogP contribution in [0.1, 0.15) is 11.8 Å². The van der Waals surface area contributed by atoms with Gasteiger partial charge in [-0.2, -0.15) is 5.10 Å². The first-order valence-corrected chi connectivity index (χ1v) is 26.6. The van der Waals surface area contributed by atoms with Crippen molar-refractivity contribution in [2.75, 3.05) is 31.7 Å². The molecule has 0 aliphatic heterocycles. The summed E-state index contributed by atoms with van der Waals surface area (Å²) in [5.74, 6) is -5.11. The lowest BCUT2D eigenvalue weighted by Crippen LogP contribution is -2.22. The van der Waals surface area contributed by atoms with Crippen LogP contribution in [0.15, 0.2) is 47.6 Å². The van der Waals surface area contributed by atoms with Crippen molar-refractivity contribution >= 4 is 42.8 Å². The Kier molecular flexibility index (Phi) is 13.1. The van der Waals surface area contributed by atoms with Crippen molar-refractivity contribution in [2.45, 2.75) is 75.8 Å². The molecule has 0 aliphatic carbocycles. The normalized spacial score (nSPS) is 13.1. The number of fused-ring (bicyclic) bond motifs is 1. The smallest absolute Gasteiger partial charge is 0.267 e. The number of nitrogens with zero attached hydrogens (tertiary/aromatic N) is 5. The zero-order valence-corrected chi connectivity index (χ0v) is 35.0. The number of nitrogens with one attached hydrogen (secondary N) is 1. The van der Waals surface area contributed by atoms with Crippen LogP contribution >= 0.6 is 0 Å². The Hall–Kier alpha value is -4.19. The molecule has 0 aliphatic rings. The van der Waals surface area contributed by atoms with Crippen LogP contribution in [0.5, 0.6) is 5.88 Å². The lowest BCUT2D eigenvalue weighted by Gasteiger charge is -2.18. The molecule has 0 fully saturated rings. The molecule has 3 N–H and O–H groups in total. The molecular weight excluding hydrogens is 793 g/mol. The van der Waals surface area contributed by atoms with E-state index in [9.17, 15) is 23.0 Å². The standard InChI is InChI=1S/C36H46F4N6O7SSi2/c1-51-36-29(16-22(37)17-42-36)54(49,50)44-26-11-10-25(38)30(32(26)40)23-8-9-24-33(43-46(34(24)31(23)39)21-53-13-15-56(5,6)7)35-41-18-27(28(48)19-47)45(35)20-52-12-14-55(2,3)4/h8-11,16-18,28,44,47-48H,12-15,19-21H2,1-7H3. The van der Waals surface area contributed by atoms with Gasteiger partial charge < -0.3 is 29.0 Å². The summed E-state index contributed by atoms with van der Waals surface area (Å²) in [6.45, 7) is 12.9. The van der Waals surface area contributed by atoms with E-state index in [-0.39, 0.29) is 41.6 Å². The lowest BCUT2D eigenvalue weighted by atomic mass is 10.0. The third kappa shape index (κ3) is 9.67. The van der Waals surface area contributed by atoms with Crippen molar-refractivity contribution in [3.8, 4) is 28.5 Å². The van der Waals surface area contributed by atoms with Crippen molar-refractivity contribution in [1.29, 1.82) is 0 Å². The lowest BCUT2D eigenvalue weighted by molar-refractivity contribution is 0.0613. The van der Waals surface area contributed by atoms with E-state index in [2.05, 4.69) is 54.3 Å². The van der Waals surface area contributed by atoms with E-state index < -0.39 is 89.7 Å². The molecule has 3 heterocycles. The van der Waals surface area contributed by atoms with E-state index in [1.54, 1.807) is 0 Å². The Bertz CT molecular complexity index is 2310. The van der Waals surface area contributed by atoms with Gasteiger partial charge in [-0.1, -0.05) is 45.3 Å². The predicted octanol–water partition coefficient (Wildman–Crippen LogP) is 6.98. The number of rotatable bonds is 18. The molecule has 5 rings (SSSR count). The van der Waals surface area contributed by atoms with E-state index in [4.69, 9.17) is 14.2 Å². The van der Waals surface area contributed by atoms with E-state index >= 15 is 13.2 Å². The average Bonchev–Trinajstić information content (AvgIpc) is 3.71. The molecule has 1 atom stereocenters. The molecule has 56 heavy (non-hydrogen) atoms. The second-order valence-corrected chi connectivity index (χ2v) is 28.4. The topological polar surface area (TPSA) is 163 Å². The summed E-state index contributed by atoms with van der Waals surface area (Å²) >= 11 is 0. The van der Waals surface area contributed by atoms with Crippen molar-refractivity contribution in [3.05, 3.63) is 71.7 Å². The Labute approximate surface area is 324 Å². The molecule has 20 heteroatoms. The van der Waals surface area contributed by atoms with Crippen LogP contribution < -0.4 is 9.46 Å². The average molecular weight is 839 g/mol. The van der Waals surface area contributed by atoms with Gasteiger partial charge in [0.15, 0.2) is 22.4 Å². The number of methoxy groups -OCH3 is 1. The fraction of sp³-hybridized carbons (Fsp3) is 0.417. The number of anilines is 1. The Morgan fingerprint density at radius 1 is 0.893 bits per heavy atom. The van der Waals surface area contributed by atoms with Crippen LogP contribution in [0.3, 0.4) is 0 Å². The second-order valence-electron chi connectivity index (χ2n) is 15.6. The highest BCUT2D eigenvalue weighted by molar-refractivity contribution is 7.92. The third-order valence-corrected chi connectivity index (χ3v) is 13.5. The molecule has 0 bridgehead atoms. The van der Waals surface area contributed by atoms with Gasteiger partial charge in [-0.15, -0.1) is 0 Å². The summed E-state index contributed by atoms with van der Waals surface area (Å²) in [5.41, 5.74) is -2.08. The third-order valence-electron chi connectivity index (χ3n) is 8.76. The minimum Gasteiger partial charge on any atom is -0.480 e. The molecule has 0 saturated carbocycles. The minimum atomic E-state index is -4.75. The van der Waals surface area contributed by atoms with E-state index in [0.29, 0.717) is 19.3 Å². The summed E-state index contributed by atoms with van der Waals surface area (Å²) in [6, 6.07) is 6.33. The van der Waals surface area contributed by atoms with Gasteiger partial charge in [-0.05, 0) is 30.3 Å². The van der Waals surface area contributed by atoms with Crippen LogP contribution in [0.2, 0.25) is 51.4 Å². The predicted molar refractivity (Wildman–Crippen MR) is 208 cm³/mol. The zero-order chi connectivity index (χ0) is 41.2. The van der Waals surface area contributed by atoms with E-state index in [0.717, 1.165) is 43.6 Å². The maximum Gasteiger partial charge on any atom is 0.267 e. The van der Waals surface area contributed by atoms with Crippen molar-refractivity contribution in [3.63, 3.8) is 0 Å². The summed E-state index contributed by atoms with van der Waals surface area (Å²) in [6.07, 6.45) is 0.757. The first kappa shape index (κ1) is 42.9. The Morgan fingerprint density at radius 3 is 2.18 bits per heavy atom. The molecule has 3 aromatic heterocycles. The highest BCUT2D eigenvalue weighted by Crippen LogP contribution is 2.39. The van der Waals surface area contributed by atoms with Crippen LogP contribution in [-0.2, 0) is 33.0 Å². The molecule has 0 spiro atoms. The van der Waals surface area contributed by atoms with Crippen LogP contribution in [0, 0.1) is 23.3 Å². The van der Waals surface area contributed by atoms with Gasteiger partial charge in [0.2, 0.25) is 5.88 Å². The Morgan fingerprint density at radius 2 is 1.55 bits per heavy atom. The summed E-state index contributed by atoms with van der Waals surface area (Å²) in [5, 5.41) is 25.2. The van der Waals surface area contributed by atoms with Crippen LogP contribution in [0.25, 0.3) is 33.5 Å². The molecule has 0 saturated heterocycles. The summed E-state index contributed by atoms with van der Waals surface area (Å²) < 4.78 is 111. The van der Waals surface area contributed by atoms with Crippen molar-refractivity contribution < 1.29 is 50.4 Å². The number of ether oxygens (including phenoxy) is 3. The summed E-state index contributed by atoms with van der Waals surface area (Å²) in [4.78, 5) is 7.31. The maximum atomic E-state index is 17.0. The molecule has 2 aromatic carbocycles. The molecular formula is C36H46F4N6O7SSi2. The highest BCUT2D eigenvalue weighted by Gasteiger charge is 2.29. The first-order valence-electron chi connectivity index (χ1n) is 17.7. The number of sulfonamides is 1. The SMILES string of the molecule is COc1ncc(F)cc1S(=O)(=O)Nc1ccc(F)c(-c2ccc3c(-c4ncc(C(O)CO)n4COCC[Si](C)(C)C)nn(COCC[Si](C)(C)C)c3c2F)c1F. The van der Waals surface area contributed by atoms with Crippen molar-refractivity contribution in [1.82, 2.24) is 24.3 Å². The quantitative estimate of drug-likeness (QED) is 0.0477. The number of aromatic nitrogens is 5. The number of halogens is 4. The first-order chi connectivity index (χ1) is 26.3. The fourth-order valence-electron chi connectivity index (χ4n) is 5.65. The van der Waals surface area contributed by atoms with Gasteiger partial charge >= 0.3 is 0 Å². The van der Waals surface area contributed by atoms with Crippen LogP contribution in [-0.4, -0.2) is 86.0 Å². The van der Waals surface area contributed by atoms with Gasteiger partial charge in [0.25, 0.3) is 10.0 Å². The molecule has 1 unspecified atom stereocenters. The second kappa shape index (κ2) is 17.1. The molecule has 0 amide bonds. The van der Waals surface area contributed by atoms with Gasteiger partial charge in [0.1, 0.15) is 42.4 Å². The van der Waals surface area contributed by atoms with Gasteiger partial charge in [0, 0.05) is 46.4 Å². The highest BCUT2D eigenvalue weighted by atomic mass is 32.2. The van der Waals surface area contributed by atoms with Crippen molar-refractivity contribution in [2.24, 2.45) is 0 Å². The zero-order valence-electron chi connectivity index (χ0n) is 32.2. The monoisotopic (exact) mass is 838 g/mol. The summed E-state index contributed by atoms with van der Waals surface area (Å²) in [7, 11) is -6.64. The minimum absolute atomic E-state index is 0.0789. The van der Waals surface area contributed by atoms with Gasteiger partial charge in [-0.25, -0.2) is 40.6 Å². The van der Waals surface area contributed by atoms with Gasteiger partial charge in [0.05, 0.1) is 43.1 Å². The number of benzene rings is 2. The van der Waals surface area contributed by atoms with E-state index in [1.165, 1.54) is 21.5 Å². The largest absolute Gasteiger partial charge is 0.480 e. The molecule has 304 valence electrons. The van der Waals surface area contributed by atoms with Gasteiger partial charge in [-0.3, -0.25) is 4.72 Å². The number of imidazole rings is 1. The Balaban J connectivity index is 1.63. The number of aliphatic hydroxyl groups excluding tert-OH is 2. The van der Waals surface area contributed by atoms with Crippen LogP contribution in [0.4, 0.5) is 23.2 Å². The fourth-order valence-corrected chi connectivity index (χ4v) is 8.36. The molecule has 5 aromatic rings. The molecule has 13 nitrogen and oxygen atoms in total. The number of aliphatic hydroxyl groups is 2.